The van der Waals surface area contributed by atoms with E-state index in [1.165, 1.54) is 32.1 Å². The van der Waals surface area contributed by atoms with E-state index in [2.05, 4.69) is 18.7 Å². The third-order valence-corrected chi connectivity index (χ3v) is 5.40. The van der Waals surface area contributed by atoms with Crippen LogP contribution in [0.15, 0.2) is 0 Å². The second kappa shape index (κ2) is 5.60. The zero-order chi connectivity index (χ0) is 13.2. The van der Waals surface area contributed by atoms with E-state index >= 15 is 0 Å². The third kappa shape index (κ3) is 2.87. The molecule has 3 nitrogen and oxygen atoms in total. The summed E-state index contributed by atoms with van der Waals surface area (Å²) in [4.78, 5) is 2.67. The molecule has 0 spiro atoms. The smallest absolute Gasteiger partial charge is 0.0966 e. The highest BCUT2D eigenvalue weighted by atomic mass is 15.2. The highest BCUT2D eigenvalue weighted by Crippen LogP contribution is 2.35. The van der Waals surface area contributed by atoms with Gasteiger partial charge in [-0.3, -0.25) is 5.41 Å². The summed E-state index contributed by atoms with van der Waals surface area (Å²) in [5.41, 5.74) is 5.70. The van der Waals surface area contributed by atoms with Gasteiger partial charge in [0.2, 0.25) is 0 Å². The number of hydrogen-bond acceptors (Lipinski definition) is 2. The molecule has 2 atom stereocenters. The van der Waals surface area contributed by atoms with Gasteiger partial charge in [0.25, 0.3) is 0 Å². The normalized spacial score (nSPS) is 33.2. The second-order valence-electron chi connectivity index (χ2n) is 6.61. The molecule has 2 unspecified atom stereocenters. The Bertz CT molecular complexity index is 292. The Kier molecular flexibility index (Phi) is 4.31. The molecule has 3 N–H and O–H groups in total. The van der Waals surface area contributed by atoms with Gasteiger partial charge in [0.15, 0.2) is 0 Å². The molecule has 1 heterocycles. The van der Waals surface area contributed by atoms with Gasteiger partial charge in [0.1, 0.15) is 0 Å². The van der Waals surface area contributed by atoms with Crippen molar-refractivity contribution in [1.82, 2.24) is 4.90 Å². The van der Waals surface area contributed by atoms with E-state index in [9.17, 15) is 0 Å². The molecule has 2 aliphatic rings. The Morgan fingerprint density at radius 3 is 2.56 bits per heavy atom. The van der Waals surface area contributed by atoms with Crippen LogP contribution in [0, 0.1) is 16.7 Å². The summed E-state index contributed by atoms with van der Waals surface area (Å²) < 4.78 is 0. The Balaban J connectivity index is 1.87. The maximum absolute atomic E-state index is 7.72. The van der Waals surface area contributed by atoms with Crippen LogP contribution in [0.3, 0.4) is 0 Å². The number of piperidine rings is 1. The first-order valence-electron chi connectivity index (χ1n) is 7.63. The molecule has 2 rings (SSSR count). The monoisotopic (exact) mass is 251 g/mol. The first-order valence-corrected chi connectivity index (χ1v) is 7.63. The molecular weight excluding hydrogens is 222 g/mol. The van der Waals surface area contributed by atoms with Gasteiger partial charge < -0.3 is 10.6 Å². The fraction of sp³-hybridized carbons (Fsp3) is 0.933. The van der Waals surface area contributed by atoms with E-state index in [-0.39, 0.29) is 5.41 Å². The predicted molar refractivity (Wildman–Crippen MR) is 76.9 cm³/mol. The summed E-state index contributed by atoms with van der Waals surface area (Å²) in [7, 11) is 0. The second-order valence-corrected chi connectivity index (χ2v) is 6.61. The first-order chi connectivity index (χ1) is 8.55. The van der Waals surface area contributed by atoms with Crippen molar-refractivity contribution >= 4 is 5.84 Å². The van der Waals surface area contributed by atoms with E-state index in [0.29, 0.717) is 5.84 Å². The predicted octanol–water partition coefficient (Wildman–Crippen LogP) is 2.99. The molecule has 2 fully saturated rings. The Labute approximate surface area is 112 Å². The number of likely N-dealkylation sites (tertiary alicyclic amines) is 1. The summed E-state index contributed by atoms with van der Waals surface area (Å²) in [5.74, 6) is 1.34. The lowest BCUT2D eigenvalue weighted by molar-refractivity contribution is 0.0782. The molecule has 0 aromatic heterocycles. The lowest BCUT2D eigenvalue weighted by Crippen LogP contribution is -2.49. The van der Waals surface area contributed by atoms with Gasteiger partial charge in [-0.05, 0) is 44.7 Å². The van der Waals surface area contributed by atoms with Crippen molar-refractivity contribution in [1.29, 1.82) is 5.41 Å². The molecule has 104 valence electrons. The van der Waals surface area contributed by atoms with Crippen molar-refractivity contribution in [2.45, 2.75) is 64.8 Å². The van der Waals surface area contributed by atoms with Gasteiger partial charge in [0.05, 0.1) is 5.84 Å². The maximum atomic E-state index is 7.72. The minimum absolute atomic E-state index is 0.0324. The van der Waals surface area contributed by atoms with E-state index in [1.807, 2.05) is 0 Å². The third-order valence-electron chi connectivity index (χ3n) is 5.40. The maximum Gasteiger partial charge on any atom is 0.0966 e. The zero-order valence-corrected chi connectivity index (χ0v) is 12.0. The summed E-state index contributed by atoms with van der Waals surface area (Å²) in [6.45, 7) is 6.76. The largest absolute Gasteiger partial charge is 0.387 e. The molecule has 0 aromatic rings. The molecule has 18 heavy (non-hydrogen) atoms. The van der Waals surface area contributed by atoms with Gasteiger partial charge in [-0.25, -0.2) is 0 Å². The van der Waals surface area contributed by atoms with Crippen LogP contribution >= 0.6 is 0 Å². The van der Waals surface area contributed by atoms with Crippen LogP contribution in [0.2, 0.25) is 0 Å². The SMILES string of the molecule is CCC1CCCC(N2CCC(C)(C(=N)N)CC2)C1. The molecule has 1 saturated carbocycles. The van der Waals surface area contributed by atoms with Crippen LogP contribution in [0.1, 0.15) is 58.8 Å². The fourth-order valence-corrected chi connectivity index (χ4v) is 3.62. The number of rotatable bonds is 3. The van der Waals surface area contributed by atoms with Crippen LogP contribution in [-0.4, -0.2) is 29.9 Å². The average Bonchev–Trinajstić information content (AvgIpc) is 2.39. The standard InChI is InChI=1S/C15H29N3/c1-3-12-5-4-6-13(11-12)18-9-7-15(2,8-10-18)14(16)17/h12-13H,3-11H2,1-2H3,(H3,16,17). The quantitative estimate of drug-likeness (QED) is 0.598. The summed E-state index contributed by atoms with van der Waals surface area (Å²) in [6, 6.07) is 0.806. The molecule has 0 amide bonds. The summed E-state index contributed by atoms with van der Waals surface area (Å²) in [5, 5.41) is 7.72. The van der Waals surface area contributed by atoms with Gasteiger partial charge in [-0.1, -0.05) is 33.1 Å². The average molecular weight is 251 g/mol. The van der Waals surface area contributed by atoms with Crippen molar-refractivity contribution in [3.05, 3.63) is 0 Å². The van der Waals surface area contributed by atoms with Crippen LogP contribution in [-0.2, 0) is 0 Å². The number of hydrogen-bond donors (Lipinski definition) is 2. The van der Waals surface area contributed by atoms with Crippen molar-refractivity contribution in [2.24, 2.45) is 17.1 Å². The zero-order valence-electron chi connectivity index (χ0n) is 12.0. The Morgan fingerprint density at radius 2 is 2.00 bits per heavy atom. The van der Waals surface area contributed by atoms with Gasteiger partial charge in [-0.15, -0.1) is 0 Å². The van der Waals surface area contributed by atoms with Crippen molar-refractivity contribution in [2.75, 3.05) is 13.1 Å². The first kappa shape index (κ1) is 13.9. The number of nitrogens with two attached hydrogens (primary N) is 1. The van der Waals surface area contributed by atoms with Crippen LogP contribution < -0.4 is 5.73 Å². The molecular formula is C15H29N3. The lowest BCUT2D eigenvalue weighted by Gasteiger charge is -2.44. The van der Waals surface area contributed by atoms with Crippen molar-refractivity contribution in [3.63, 3.8) is 0 Å². The van der Waals surface area contributed by atoms with Gasteiger partial charge in [-0.2, -0.15) is 0 Å². The fourth-order valence-electron chi connectivity index (χ4n) is 3.62. The molecule has 1 aliphatic heterocycles. The Morgan fingerprint density at radius 1 is 1.33 bits per heavy atom. The molecule has 1 saturated heterocycles. The van der Waals surface area contributed by atoms with Gasteiger partial charge >= 0.3 is 0 Å². The van der Waals surface area contributed by atoms with E-state index in [1.54, 1.807) is 0 Å². The topological polar surface area (TPSA) is 53.1 Å². The van der Waals surface area contributed by atoms with Crippen LogP contribution in [0.4, 0.5) is 0 Å². The van der Waals surface area contributed by atoms with Crippen molar-refractivity contribution < 1.29 is 0 Å². The van der Waals surface area contributed by atoms with E-state index in [0.717, 1.165) is 37.9 Å². The minimum atomic E-state index is -0.0324. The summed E-state index contributed by atoms with van der Waals surface area (Å²) >= 11 is 0. The lowest BCUT2D eigenvalue weighted by atomic mass is 9.77. The highest BCUT2D eigenvalue weighted by Gasteiger charge is 2.36. The summed E-state index contributed by atoms with van der Waals surface area (Å²) in [6.07, 6.45) is 9.09. The van der Waals surface area contributed by atoms with Crippen LogP contribution in [0.5, 0.6) is 0 Å². The number of nitrogens with zero attached hydrogens (tertiary/aromatic N) is 1. The van der Waals surface area contributed by atoms with Gasteiger partial charge in [0, 0.05) is 11.5 Å². The van der Waals surface area contributed by atoms with E-state index < -0.39 is 0 Å². The van der Waals surface area contributed by atoms with Crippen LogP contribution in [0.25, 0.3) is 0 Å². The molecule has 0 aromatic carbocycles. The molecule has 3 heteroatoms. The minimum Gasteiger partial charge on any atom is -0.387 e. The van der Waals surface area contributed by atoms with Crippen molar-refractivity contribution in [3.8, 4) is 0 Å². The molecule has 0 radical (unpaired) electrons. The number of amidine groups is 1. The Hall–Kier alpha value is -0.570. The van der Waals surface area contributed by atoms with E-state index in [4.69, 9.17) is 11.1 Å². The molecule has 1 aliphatic carbocycles. The highest BCUT2D eigenvalue weighted by molar-refractivity contribution is 5.83. The molecule has 0 bridgehead atoms. The number of nitrogens with one attached hydrogen (secondary N) is 1.